The summed E-state index contributed by atoms with van der Waals surface area (Å²) in [5, 5.41) is 5.21. The van der Waals surface area contributed by atoms with Gasteiger partial charge < -0.3 is 14.2 Å². The first-order valence-electron chi connectivity index (χ1n) is 9.53. The molecule has 0 atom stereocenters. The maximum Gasteiger partial charge on any atom is 0.357 e. The van der Waals surface area contributed by atoms with Crippen LogP contribution in [0.15, 0.2) is 48.5 Å². The van der Waals surface area contributed by atoms with Crippen LogP contribution in [0, 0.1) is 0 Å². The number of para-hydroxylation sites is 1. The molecule has 7 heteroatoms. The van der Waals surface area contributed by atoms with Crippen molar-refractivity contribution >= 4 is 17.6 Å². The Morgan fingerprint density at radius 1 is 1.21 bits per heavy atom. The fourth-order valence-corrected chi connectivity index (χ4v) is 3.73. The van der Waals surface area contributed by atoms with Crippen LogP contribution in [0.1, 0.15) is 46.1 Å². The molecule has 0 bridgehead atoms. The smallest absolute Gasteiger partial charge is 0.357 e. The molecule has 3 aromatic rings. The number of fused-ring (bicyclic) bond motifs is 1. The van der Waals surface area contributed by atoms with Gasteiger partial charge in [-0.2, -0.15) is 5.10 Å². The third kappa shape index (κ3) is 3.73. The van der Waals surface area contributed by atoms with Gasteiger partial charge in [0.25, 0.3) is 0 Å². The van der Waals surface area contributed by atoms with Crippen molar-refractivity contribution < 1.29 is 19.0 Å². The fraction of sp³-hybridized carbons (Fsp3) is 0.273. The van der Waals surface area contributed by atoms with Crippen molar-refractivity contribution in [1.82, 2.24) is 9.78 Å². The van der Waals surface area contributed by atoms with E-state index < -0.39 is 5.97 Å². The number of hydrogen-bond donors (Lipinski definition) is 0. The highest BCUT2D eigenvalue weighted by molar-refractivity contribution is 6.30. The second kappa shape index (κ2) is 7.54. The minimum atomic E-state index is -0.436. The predicted octanol–water partition coefficient (Wildman–Crippen LogP) is 4.63. The van der Waals surface area contributed by atoms with Crippen LogP contribution in [0.25, 0.3) is 5.69 Å². The third-order valence-corrected chi connectivity index (χ3v) is 5.26. The van der Waals surface area contributed by atoms with Gasteiger partial charge in [0.2, 0.25) is 0 Å². The van der Waals surface area contributed by atoms with E-state index in [9.17, 15) is 4.79 Å². The summed E-state index contributed by atoms with van der Waals surface area (Å²) in [4.78, 5) is 12.9. The zero-order valence-corrected chi connectivity index (χ0v) is 16.4. The van der Waals surface area contributed by atoms with Gasteiger partial charge in [0.05, 0.1) is 18.0 Å². The van der Waals surface area contributed by atoms with Gasteiger partial charge in [-0.1, -0.05) is 29.8 Å². The minimum Gasteiger partial charge on any atom is -0.467 e. The zero-order chi connectivity index (χ0) is 19.8. The molecule has 1 aromatic heterocycles. The average molecular weight is 411 g/mol. The van der Waals surface area contributed by atoms with Crippen LogP contribution in [0.5, 0.6) is 5.75 Å². The Hall–Kier alpha value is -2.83. The molecule has 2 aromatic carbocycles. The van der Waals surface area contributed by atoms with Crippen molar-refractivity contribution in [1.29, 1.82) is 0 Å². The Kier molecular flexibility index (Phi) is 4.73. The van der Waals surface area contributed by atoms with E-state index in [2.05, 4.69) is 5.10 Å². The highest BCUT2D eigenvalue weighted by atomic mass is 35.5. The van der Waals surface area contributed by atoms with Crippen LogP contribution >= 0.6 is 11.6 Å². The molecule has 1 aliphatic carbocycles. The summed E-state index contributed by atoms with van der Waals surface area (Å²) in [7, 11) is 0. The van der Waals surface area contributed by atoms with Crippen molar-refractivity contribution in [3.8, 4) is 11.4 Å². The Balaban J connectivity index is 1.41. The lowest BCUT2D eigenvalue weighted by Crippen LogP contribution is -2.15. The molecule has 0 saturated heterocycles. The molecule has 2 aliphatic rings. The van der Waals surface area contributed by atoms with E-state index in [0.29, 0.717) is 29.0 Å². The lowest BCUT2D eigenvalue weighted by molar-refractivity contribution is -0.0180. The van der Waals surface area contributed by atoms with Crippen LogP contribution in [0.4, 0.5) is 0 Å². The molecule has 148 valence electrons. The molecular formula is C22H19ClN2O4. The number of halogens is 1. The number of carbonyl (C=O) groups is 1. The monoisotopic (exact) mass is 410 g/mol. The van der Waals surface area contributed by atoms with E-state index in [4.69, 9.17) is 25.8 Å². The molecule has 0 unspecified atom stereocenters. The average Bonchev–Trinajstić information content (AvgIpc) is 3.50. The van der Waals surface area contributed by atoms with E-state index in [1.807, 2.05) is 36.4 Å². The number of hydrogen-bond acceptors (Lipinski definition) is 5. The maximum atomic E-state index is 12.9. The second-order valence-electron chi connectivity index (χ2n) is 7.22. The molecule has 2 heterocycles. The number of rotatable bonds is 5. The Bertz CT molecular complexity index is 1060. The van der Waals surface area contributed by atoms with Gasteiger partial charge in [-0.15, -0.1) is 0 Å². The highest BCUT2D eigenvalue weighted by Gasteiger charge is 2.29. The molecule has 6 nitrogen and oxygen atoms in total. The third-order valence-electron chi connectivity index (χ3n) is 5.04. The molecule has 0 N–H and O–H groups in total. The quantitative estimate of drug-likeness (QED) is 0.574. The fourth-order valence-electron chi connectivity index (χ4n) is 3.47. The molecule has 1 saturated carbocycles. The minimum absolute atomic E-state index is 0.0560. The Morgan fingerprint density at radius 2 is 2.03 bits per heavy atom. The molecule has 0 radical (unpaired) electrons. The summed E-state index contributed by atoms with van der Waals surface area (Å²) < 4.78 is 18.2. The lowest BCUT2D eigenvalue weighted by Gasteiger charge is -2.21. The second-order valence-corrected chi connectivity index (χ2v) is 7.65. The van der Waals surface area contributed by atoms with Gasteiger partial charge in [-0.25, -0.2) is 9.48 Å². The number of ether oxygens (including phenoxy) is 3. The van der Waals surface area contributed by atoms with E-state index in [-0.39, 0.29) is 13.4 Å². The summed E-state index contributed by atoms with van der Waals surface area (Å²) >= 11 is 6.20. The van der Waals surface area contributed by atoms with Crippen molar-refractivity contribution in [3.63, 3.8) is 0 Å². The standard InChI is InChI=1S/C22H19ClN2O4/c23-17-8-15-11-27-13-29-21(15)16(9-17)12-28-22(26)20-10-19(14-6-7-14)24-25(20)18-4-2-1-3-5-18/h1-5,8-10,14H,6-7,11-13H2. The first kappa shape index (κ1) is 18.2. The van der Waals surface area contributed by atoms with Crippen molar-refractivity contribution in [3.05, 3.63) is 76.1 Å². The van der Waals surface area contributed by atoms with Crippen LogP contribution in [0.3, 0.4) is 0 Å². The van der Waals surface area contributed by atoms with Gasteiger partial charge in [0.15, 0.2) is 12.5 Å². The molecule has 1 fully saturated rings. The van der Waals surface area contributed by atoms with Gasteiger partial charge in [0.1, 0.15) is 12.4 Å². The first-order valence-corrected chi connectivity index (χ1v) is 9.91. The van der Waals surface area contributed by atoms with Crippen molar-refractivity contribution in [2.45, 2.75) is 32.0 Å². The summed E-state index contributed by atoms with van der Waals surface area (Å²) in [6, 6.07) is 15.0. The SMILES string of the molecule is O=C(OCc1cc(Cl)cc2c1OCOC2)c1cc(C2CC2)nn1-c1ccccc1. The number of aromatic nitrogens is 2. The molecule has 0 amide bonds. The van der Waals surface area contributed by atoms with Crippen LogP contribution in [-0.4, -0.2) is 22.5 Å². The van der Waals surface area contributed by atoms with Gasteiger partial charge in [-0.3, -0.25) is 0 Å². The van der Waals surface area contributed by atoms with Gasteiger partial charge >= 0.3 is 5.97 Å². The summed E-state index contributed by atoms with van der Waals surface area (Å²) in [5.41, 5.74) is 3.74. The number of nitrogens with zero attached hydrogens (tertiary/aromatic N) is 2. The number of esters is 1. The molecule has 5 rings (SSSR count). The molecule has 0 spiro atoms. The normalized spacial score (nSPS) is 15.5. The summed E-state index contributed by atoms with van der Waals surface area (Å²) in [6.45, 7) is 0.643. The number of benzene rings is 2. The largest absolute Gasteiger partial charge is 0.467 e. The molecule has 29 heavy (non-hydrogen) atoms. The van der Waals surface area contributed by atoms with Crippen LogP contribution in [0.2, 0.25) is 5.02 Å². The summed E-state index contributed by atoms with van der Waals surface area (Å²) in [6.07, 6.45) is 2.21. The highest BCUT2D eigenvalue weighted by Crippen LogP contribution is 2.40. The maximum absolute atomic E-state index is 12.9. The van der Waals surface area contributed by atoms with Crippen molar-refractivity contribution in [2.24, 2.45) is 0 Å². The zero-order valence-electron chi connectivity index (χ0n) is 15.6. The Labute approximate surface area is 173 Å². The van der Waals surface area contributed by atoms with E-state index in [1.54, 1.807) is 16.8 Å². The molecular weight excluding hydrogens is 392 g/mol. The van der Waals surface area contributed by atoms with Gasteiger partial charge in [-0.05, 0) is 43.2 Å². The van der Waals surface area contributed by atoms with E-state index in [1.165, 1.54) is 0 Å². The van der Waals surface area contributed by atoms with E-state index >= 15 is 0 Å². The molecule has 1 aliphatic heterocycles. The van der Waals surface area contributed by atoms with Gasteiger partial charge in [0, 0.05) is 22.1 Å². The van der Waals surface area contributed by atoms with E-state index in [0.717, 1.165) is 35.3 Å². The van der Waals surface area contributed by atoms with Crippen LogP contribution < -0.4 is 4.74 Å². The lowest BCUT2D eigenvalue weighted by atomic mass is 10.1. The number of carbonyl (C=O) groups excluding carboxylic acids is 1. The summed E-state index contributed by atoms with van der Waals surface area (Å²) in [5.74, 6) is 0.664. The predicted molar refractivity (Wildman–Crippen MR) is 106 cm³/mol. The van der Waals surface area contributed by atoms with Crippen LogP contribution in [-0.2, 0) is 22.7 Å². The topological polar surface area (TPSA) is 62.6 Å². The Morgan fingerprint density at radius 3 is 2.83 bits per heavy atom. The van der Waals surface area contributed by atoms with Crippen molar-refractivity contribution in [2.75, 3.05) is 6.79 Å². The first-order chi connectivity index (χ1) is 14.2.